The van der Waals surface area contributed by atoms with Crippen LogP contribution in [0.4, 0.5) is 13.2 Å². The summed E-state index contributed by atoms with van der Waals surface area (Å²) in [5, 5.41) is 12.3. The summed E-state index contributed by atoms with van der Waals surface area (Å²) in [4.78, 5) is 0. The fourth-order valence-electron chi connectivity index (χ4n) is 9.30. The Morgan fingerprint density at radius 3 is 2.32 bits per heavy atom. The fourth-order valence-corrected chi connectivity index (χ4v) is 9.30. The molecule has 3 N–H and O–H groups in total. The van der Waals surface area contributed by atoms with Crippen LogP contribution in [0, 0.1) is 28.1 Å². The molecule has 1 saturated heterocycles. The van der Waals surface area contributed by atoms with E-state index in [1.54, 1.807) is 0 Å². The molecule has 0 bridgehead atoms. The van der Waals surface area contributed by atoms with Crippen molar-refractivity contribution in [2.75, 3.05) is 19.8 Å². The molecule has 4 unspecified atom stereocenters. The van der Waals surface area contributed by atoms with E-state index in [1.165, 1.54) is 12.5 Å². The van der Waals surface area contributed by atoms with Crippen molar-refractivity contribution in [2.45, 2.75) is 103 Å². The summed E-state index contributed by atoms with van der Waals surface area (Å²) >= 11 is 0. The van der Waals surface area contributed by atoms with E-state index in [9.17, 15) is 18.3 Å². The Hall–Kier alpha value is -1.67. The third-order valence-electron chi connectivity index (χ3n) is 11.9. The summed E-state index contributed by atoms with van der Waals surface area (Å²) in [7, 11) is 0. The monoisotopic (exact) mass is 573 g/mol. The molecule has 4 nitrogen and oxygen atoms in total. The zero-order valence-corrected chi connectivity index (χ0v) is 24.9. The third kappa shape index (κ3) is 4.56. The maximum absolute atomic E-state index is 14.8. The first-order valence-electron chi connectivity index (χ1n) is 15.4. The summed E-state index contributed by atoms with van der Waals surface area (Å²) in [6.07, 6.45) is 3.70. The fraction of sp³-hybridized carbons (Fsp3) is 0.706. The van der Waals surface area contributed by atoms with Gasteiger partial charge in [-0.1, -0.05) is 69.7 Å². The number of alkyl halides is 3. The first kappa shape index (κ1) is 29.4. The molecular weight excluding hydrogens is 527 g/mol. The summed E-state index contributed by atoms with van der Waals surface area (Å²) in [5.41, 5.74) is 6.21. The first-order chi connectivity index (χ1) is 19.2. The van der Waals surface area contributed by atoms with Crippen LogP contribution >= 0.6 is 0 Å². The van der Waals surface area contributed by atoms with Crippen molar-refractivity contribution in [3.63, 3.8) is 0 Å². The van der Waals surface area contributed by atoms with Gasteiger partial charge in [0.2, 0.25) is 0 Å². The lowest BCUT2D eigenvalue weighted by Gasteiger charge is -2.59. The zero-order valence-electron chi connectivity index (χ0n) is 24.9. The average Bonchev–Trinajstić information content (AvgIpc) is 3.20. The summed E-state index contributed by atoms with van der Waals surface area (Å²) in [6.45, 7) is 9.23. The summed E-state index contributed by atoms with van der Waals surface area (Å²) in [5.74, 6) is -0.977. The Kier molecular flexibility index (Phi) is 6.93. The van der Waals surface area contributed by atoms with Crippen molar-refractivity contribution in [3.05, 3.63) is 52.6 Å². The van der Waals surface area contributed by atoms with Gasteiger partial charge in [0.15, 0.2) is 5.79 Å². The van der Waals surface area contributed by atoms with E-state index >= 15 is 0 Å². The van der Waals surface area contributed by atoms with Gasteiger partial charge in [0.05, 0.1) is 24.2 Å². The van der Waals surface area contributed by atoms with Gasteiger partial charge in [-0.05, 0) is 72.5 Å². The molecule has 6 atom stereocenters. The van der Waals surface area contributed by atoms with E-state index in [0.29, 0.717) is 64.7 Å². The van der Waals surface area contributed by atoms with E-state index in [0.717, 1.165) is 16.7 Å². The number of allylic oxidation sites excluding steroid dienone is 1. The second-order valence-electron chi connectivity index (χ2n) is 14.9. The Bertz CT molecular complexity index is 1230. The number of fused-ring (bicyclic) bond motifs is 4. The standard InChI is InChI=1S/C34H46F3NO3/c1-29(2)20-40-33(41-21-29)16-13-27-28-24(11-15-32(27,39)19-33)26-12-14-31(4,34(35,36)37)30(26,3)18-25(28)23-9-7-22(8-10-23)6-5-17-38/h5-10,24-26,39H,11-21,38H2,1-4H3/b6-5+/t24?,25?,26?,30?,31-,32-/m1/s1. The molecule has 0 radical (unpaired) electrons. The molecule has 226 valence electrons. The highest BCUT2D eigenvalue weighted by molar-refractivity contribution is 5.52. The second-order valence-corrected chi connectivity index (χ2v) is 14.9. The number of rotatable bonds is 3. The lowest BCUT2D eigenvalue weighted by atomic mass is 9.48. The Balaban J connectivity index is 1.43. The number of nitrogens with two attached hydrogens (primary N) is 1. The van der Waals surface area contributed by atoms with E-state index < -0.39 is 28.4 Å². The lowest BCUT2D eigenvalue weighted by molar-refractivity contribution is -0.322. The molecule has 1 aliphatic heterocycles. The van der Waals surface area contributed by atoms with Gasteiger partial charge >= 0.3 is 6.18 Å². The average molecular weight is 574 g/mol. The van der Waals surface area contributed by atoms with Crippen molar-refractivity contribution >= 4 is 6.08 Å². The van der Waals surface area contributed by atoms with Gasteiger partial charge in [0.25, 0.3) is 0 Å². The van der Waals surface area contributed by atoms with E-state index in [2.05, 4.69) is 26.0 Å². The van der Waals surface area contributed by atoms with Crippen LogP contribution in [0.3, 0.4) is 0 Å². The molecule has 1 heterocycles. The highest BCUT2D eigenvalue weighted by Crippen LogP contribution is 2.73. The SMILES string of the molecule is CC1(C)COC2(CCC3=C4C(c5ccc(/C=C/CN)cc5)CC5(C)C(CC[C@@]5(C)C(F)(F)F)C4CC[C@@]3(O)C2)OC1. The van der Waals surface area contributed by atoms with Crippen LogP contribution in [-0.4, -0.2) is 42.4 Å². The van der Waals surface area contributed by atoms with Crippen molar-refractivity contribution < 1.29 is 27.8 Å². The molecule has 7 heteroatoms. The molecule has 41 heavy (non-hydrogen) atoms. The van der Waals surface area contributed by atoms with Crippen LogP contribution in [-0.2, 0) is 9.47 Å². The molecule has 5 aliphatic rings. The Morgan fingerprint density at radius 2 is 1.68 bits per heavy atom. The normalized spacial score (nSPS) is 40.0. The van der Waals surface area contributed by atoms with Crippen molar-refractivity contribution in [1.82, 2.24) is 0 Å². The molecule has 1 aromatic carbocycles. The van der Waals surface area contributed by atoms with Crippen molar-refractivity contribution in [1.29, 1.82) is 0 Å². The molecule has 1 aromatic rings. The molecule has 6 rings (SSSR count). The zero-order chi connectivity index (χ0) is 29.5. The Morgan fingerprint density at radius 1 is 1.00 bits per heavy atom. The molecule has 0 aromatic heterocycles. The van der Waals surface area contributed by atoms with Gasteiger partial charge in [-0.2, -0.15) is 13.2 Å². The van der Waals surface area contributed by atoms with Crippen LogP contribution in [0.2, 0.25) is 0 Å². The predicted molar refractivity (Wildman–Crippen MR) is 154 cm³/mol. The van der Waals surface area contributed by atoms with Gasteiger partial charge in [-0.25, -0.2) is 0 Å². The third-order valence-corrected chi connectivity index (χ3v) is 11.9. The van der Waals surface area contributed by atoms with Gasteiger partial charge in [0, 0.05) is 30.7 Å². The van der Waals surface area contributed by atoms with Crippen molar-refractivity contribution in [3.8, 4) is 0 Å². The lowest BCUT2D eigenvalue weighted by Crippen LogP contribution is -2.58. The predicted octanol–water partition coefficient (Wildman–Crippen LogP) is 7.52. The minimum atomic E-state index is -4.27. The number of ether oxygens (including phenoxy) is 2. The first-order valence-corrected chi connectivity index (χ1v) is 15.4. The molecule has 1 spiro atoms. The molecular formula is C34H46F3NO3. The smallest absolute Gasteiger partial charge is 0.385 e. The summed E-state index contributed by atoms with van der Waals surface area (Å²) in [6, 6.07) is 8.21. The number of halogens is 3. The highest BCUT2D eigenvalue weighted by Gasteiger charge is 2.70. The second kappa shape index (κ2) is 9.67. The molecule has 3 saturated carbocycles. The quantitative estimate of drug-likeness (QED) is 0.367. The molecule has 4 fully saturated rings. The largest absolute Gasteiger partial charge is 0.394 e. The van der Waals surface area contributed by atoms with Crippen LogP contribution in [0.5, 0.6) is 0 Å². The van der Waals surface area contributed by atoms with Gasteiger partial charge in [-0.3, -0.25) is 0 Å². The van der Waals surface area contributed by atoms with E-state index in [1.807, 2.05) is 31.2 Å². The topological polar surface area (TPSA) is 64.7 Å². The van der Waals surface area contributed by atoms with Crippen LogP contribution in [0.25, 0.3) is 6.08 Å². The molecule has 0 amide bonds. The maximum Gasteiger partial charge on any atom is 0.394 e. The summed E-state index contributed by atoms with van der Waals surface area (Å²) < 4.78 is 57.0. The highest BCUT2D eigenvalue weighted by atomic mass is 19.4. The van der Waals surface area contributed by atoms with Gasteiger partial charge in [-0.15, -0.1) is 0 Å². The van der Waals surface area contributed by atoms with Crippen LogP contribution in [0.1, 0.15) is 96.1 Å². The number of benzene rings is 1. The number of hydrogen-bond acceptors (Lipinski definition) is 4. The molecule has 4 aliphatic carbocycles. The minimum Gasteiger partial charge on any atom is -0.385 e. The van der Waals surface area contributed by atoms with Crippen molar-refractivity contribution in [2.24, 2.45) is 33.8 Å². The maximum atomic E-state index is 14.8. The van der Waals surface area contributed by atoms with Crippen LogP contribution in [0.15, 0.2) is 41.5 Å². The van der Waals surface area contributed by atoms with Crippen LogP contribution < -0.4 is 5.73 Å². The number of hydrogen-bond donors (Lipinski definition) is 2. The van der Waals surface area contributed by atoms with Gasteiger partial charge in [0.1, 0.15) is 0 Å². The van der Waals surface area contributed by atoms with E-state index in [4.69, 9.17) is 15.2 Å². The van der Waals surface area contributed by atoms with Gasteiger partial charge < -0.3 is 20.3 Å². The Labute approximate surface area is 242 Å². The minimum absolute atomic E-state index is 0.0381. The number of aliphatic hydroxyl groups is 1. The van der Waals surface area contributed by atoms with E-state index in [-0.39, 0.29) is 29.6 Å².